The minimum atomic E-state index is 0.0253. The van der Waals surface area contributed by atoms with E-state index in [0.29, 0.717) is 24.8 Å². The standard InChI is InChI=1S/C26H32N4O4/c1-18(2)33-23-8-4-19(5-9-23)16-27-26(31)21-12-14-30(15-13-21)17-24-28-25(29-34-24)20-6-10-22(32-3)11-7-20/h4-11,18,21H,12-17H2,1-3H3,(H,27,31). The zero-order valence-electron chi connectivity index (χ0n) is 20.0. The molecule has 0 unspecified atom stereocenters. The molecule has 8 nitrogen and oxygen atoms in total. The first-order valence-corrected chi connectivity index (χ1v) is 11.7. The summed E-state index contributed by atoms with van der Waals surface area (Å²) in [7, 11) is 1.64. The van der Waals surface area contributed by atoms with Crippen molar-refractivity contribution in [2.75, 3.05) is 20.2 Å². The molecule has 2 aromatic carbocycles. The summed E-state index contributed by atoms with van der Waals surface area (Å²) in [5.74, 6) is 2.91. The molecule has 1 aliphatic rings. The summed E-state index contributed by atoms with van der Waals surface area (Å²) in [6, 6.07) is 15.4. The van der Waals surface area contributed by atoms with E-state index in [2.05, 4.69) is 20.4 Å². The summed E-state index contributed by atoms with van der Waals surface area (Å²) in [6.45, 7) is 6.75. The predicted molar refractivity (Wildman–Crippen MR) is 128 cm³/mol. The van der Waals surface area contributed by atoms with Crippen LogP contribution in [-0.4, -0.2) is 47.3 Å². The van der Waals surface area contributed by atoms with Crippen molar-refractivity contribution >= 4 is 5.91 Å². The summed E-state index contributed by atoms with van der Waals surface area (Å²) in [6.07, 6.45) is 1.77. The summed E-state index contributed by atoms with van der Waals surface area (Å²) in [5.41, 5.74) is 1.94. The van der Waals surface area contributed by atoms with Gasteiger partial charge in [0.2, 0.25) is 17.6 Å². The minimum Gasteiger partial charge on any atom is -0.497 e. The number of benzene rings is 2. The number of amides is 1. The number of hydrogen-bond acceptors (Lipinski definition) is 7. The van der Waals surface area contributed by atoms with Gasteiger partial charge in [0.05, 0.1) is 19.8 Å². The van der Waals surface area contributed by atoms with Crippen molar-refractivity contribution in [3.05, 3.63) is 60.0 Å². The molecular weight excluding hydrogens is 432 g/mol. The van der Waals surface area contributed by atoms with Crippen molar-refractivity contribution in [3.8, 4) is 22.9 Å². The molecule has 0 bridgehead atoms. The van der Waals surface area contributed by atoms with Crippen molar-refractivity contribution in [1.29, 1.82) is 0 Å². The molecule has 1 aliphatic heterocycles. The Morgan fingerprint density at radius 1 is 1.09 bits per heavy atom. The van der Waals surface area contributed by atoms with Gasteiger partial charge >= 0.3 is 0 Å². The Morgan fingerprint density at radius 3 is 2.41 bits per heavy atom. The number of carbonyl (C=O) groups excluding carboxylic acids is 1. The highest BCUT2D eigenvalue weighted by atomic mass is 16.5. The highest BCUT2D eigenvalue weighted by Gasteiger charge is 2.26. The zero-order valence-corrected chi connectivity index (χ0v) is 20.0. The van der Waals surface area contributed by atoms with Crippen LogP contribution in [0.25, 0.3) is 11.4 Å². The fourth-order valence-electron chi connectivity index (χ4n) is 4.01. The van der Waals surface area contributed by atoms with Crippen LogP contribution in [-0.2, 0) is 17.9 Å². The Balaban J connectivity index is 1.21. The first-order valence-electron chi connectivity index (χ1n) is 11.7. The van der Waals surface area contributed by atoms with Crippen LogP contribution in [0.1, 0.15) is 38.1 Å². The molecule has 180 valence electrons. The fraction of sp³-hybridized carbons (Fsp3) is 0.423. The van der Waals surface area contributed by atoms with Crippen LogP contribution in [0, 0.1) is 5.92 Å². The number of hydrogen-bond donors (Lipinski definition) is 1. The van der Waals surface area contributed by atoms with Gasteiger partial charge in [0, 0.05) is 18.0 Å². The topological polar surface area (TPSA) is 89.7 Å². The second-order valence-electron chi connectivity index (χ2n) is 8.82. The van der Waals surface area contributed by atoms with E-state index in [9.17, 15) is 4.79 Å². The van der Waals surface area contributed by atoms with Gasteiger partial charge in [0.25, 0.3) is 0 Å². The van der Waals surface area contributed by atoms with E-state index in [1.807, 2.05) is 62.4 Å². The quantitative estimate of drug-likeness (QED) is 0.511. The maximum atomic E-state index is 12.7. The van der Waals surface area contributed by atoms with E-state index in [1.54, 1.807) is 7.11 Å². The largest absolute Gasteiger partial charge is 0.497 e. The molecule has 0 radical (unpaired) electrons. The third-order valence-electron chi connectivity index (χ3n) is 5.90. The first kappa shape index (κ1) is 23.8. The fourth-order valence-corrected chi connectivity index (χ4v) is 4.01. The molecule has 1 fully saturated rings. The second kappa shape index (κ2) is 11.2. The normalized spacial score (nSPS) is 14.8. The summed E-state index contributed by atoms with van der Waals surface area (Å²) >= 11 is 0. The molecule has 2 heterocycles. The Bertz CT molecular complexity index is 1060. The van der Waals surface area contributed by atoms with Crippen molar-refractivity contribution in [3.63, 3.8) is 0 Å². The van der Waals surface area contributed by atoms with Crippen LogP contribution < -0.4 is 14.8 Å². The molecule has 1 aromatic heterocycles. The molecule has 0 spiro atoms. The van der Waals surface area contributed by atoms with Gasteiger partial charge in [0.1, 0.15) is 11.5 Å². The SMILES string of the molecule is COc1ccc(-c2noc(CN3CCC(C(=O)NCc4ccc(OC(C)C)cc4)CC3)n2)cc1. The average Bonchev–Trinajstić information content (AvgIpc) is 3.32. The summed E-state index contributed by atoms with van der Waals surface area (Å²) in [5, 5.41) is 7.17. The Hall–Kier alpha value is -3.39. The van der Waals surface area contributed by atoms with E-state index in [-0.39, 0.29) is 17.9 Å². The van der Waals surface area contributed by atoms with Crippen molar-refractivity contribution in [2.45, 2.75) is 45.9 Å². The van der Waals surface area contributed by atoms with Gasteiger partial charge in [-0.2, -0.15) is 4.98 Å². The van der Waals surface area contributed by atoms with Crippen LogP contribution >= 0.6 is 0 Å². The third-order valence-corrected chi connectivity index (χ3v) is 5.90. The third kappa shape index (κ3) is 6.35. The number of piperidine rings is 1. The van der Waals surface area contributed by atoms with Crippen molar-refractivity contribution in [2.24, 2.45) is 5.92 Å². The van der Waals surface area contributed by atoms with E-state index in [0.717, 1.165) is 48.6 Å². The van der Waals surface area contributed by atoms with Gasteiger partial charge in [0.15, 0.2) is 0 Å². The van der Waals surface area contributed by atoms with Gasteiger partial charge in [-0.15, -0.1) is 0 Å². The number of aromatic nitrogens is 2. The molecule has 0 aliphatic carbocycles. The lowest BCUT2D eigenvalue weighted by Gasteiger charge is -2.30. The lowest BCUT2D eigenvalue weighted by molar-refractivity contribution is -0.126. The number of ether oxygens (including phenoxy) is 2. The average molecular weight is 465 g/mol. The maximum Gasteiger partial charge on any atom is 0.241 e. The number of likely N-dealkylation sites (tertiary alicyclic amines) is 1. The molecule has 1 amide bonds. The minimum absolute atomic E-state index is 0.0253. The van der Waals surface area contributed by atoms with E-state index >= 15 is 0 Å². The van der Waals surface area contributed by atoms with Crippen LogP contribution in [0.3, 0.4) is 0 Å². The molecule has 0 atom stereocenters. The monoisotopic (exact) mass is 464 g/mol. The molecule has 4 rings (SSSR count). The number of nitrogens with one attached hydrogen (secondary N) is 1. The predicted octanol–water partition coefficient (Wildman–Crippen LogP) is 4.06. The van der Waals surface area contributed by atoms with Gasteiger partial charge in [-0.1, -0.05) is 17.3 Å². The summed E-state index contributed by atoms with van der Waals surface area (Å²) < 4.78 is 16.3. The Labute approximate surface area is 200 Å². The maximum absolute atomic E-state index is 12.7. The lowest BCUT2D eigenvalue weighted by atomic mass is 9.96. The van der Waals surface area contributed by atoms with Crippen LogP contribution in [0.15, 0.2) is 53.1 Å². The first-order chi connectivity index (χ1) is 16.5. The number of nitrogens with zero attached hydrogens (tertiary/aromatic N) is 3. The van der Waals surface area contributed by atoms with Gasteiger partial charge in [-0.3, -0.25) is 9.69 Å². The van der Waals surface area contributed by atoms with E-state index in [4.69, 9.17) is 14.0 Å². The number of rotatable bonds is 9. The summed E-state index contributed by atoms with van der Waals surface area (Å²) in [4.78, 5) is 19.4. The van der Waals surface area contributed by atoms with Gasteiger partial charge in [-0.25, -0.2) is 0 Å². The zero-order chi connectivity index (χ0) is 23.9. The van der Waals surface area contributed by atoms with Crippen molar-refractivity contribution < 1.29 is 18.8 Å². The molecule has 0 saturated carbocycles. The smallest absolute Gasteiger partial charge is 0.241 e. The second-order valence-corrected chi connectivity index (χ2v) is 8.82. The van der Waals surface area contributed by atoms with Crippen LogP contribution in [0.5, 0.6) is 11.5 Å². The molecule has 3 aromatic rings. The molecule has 8 heteroatoms. The van der Waals surface area contributed by atoms with Crippen LogP contribution in [0.2, 0.25) is 0 Å². The lowest BCUT2D eigenvalue weighted by Crippen LogP contribution is -2.40. The molecule has 1 N–H and O–H groups in total. The number of methoxy groups -OCH3 is 1. The molecular formula is C26H32N4O4. The number of carbonyl (C=O) groups is 1. The highest BCUT2D eigenvalue weighted by molar-refractivity contribution is 5.78. The van der Waals surface area contributed by atoms with Crippen molar-refractivity contribution in [1.82, 2.24) is 20.4 Å². The Kier molecular flexibility index (Phi) is 7.80. The molecule has 34 heavy (non-hydrogen) atoms. The molecule has 1 saturated heterocycles. The van der Waals surface area contributed by atoms with E-state index in [1.165, 1.54) is 0 Å². The van der Waals surface area contributed by atoms with Gasteiger partial charge in [-0.05, 0) is 81.7 Å². The van der Waals surface area contributed by atoms with Gasteiger partial charge < -0.3 is 19.3 Å². The van der Waals surface area contributed by atoms with Crippen LogP contribution in [0.4, 0.5) is 0 Å². The van der Waals surface area contributed by atoms with E-state index < -0.39 is 0 Å². The Morgan fingerprint density at radius 2 is 1.76 bits per heavy atom. The highest BCUT2D eigenvalue weighted by Crippen LogP contribution is 2.22.